The summed E-state index contributed by atoms with van der Waals surface area (Å²) in [5.74, 6) is 0. The van der Waals surface area contributed by atoms with Crippen LogP contribution in [0.2, 0.25) is 0 Å². The van der Waals surface area contributed by atoms with E-state index in [9.17, 15) is 0 Å². The molecule has 2 aromatic rings. The Morgan fingerprint density at radius 1 is 0.741 bits per heavy atom. The van der Waals surface area contributed by atoms with Crippen LogP contribution < -0.4 is 4.90 Å². The van der Waals surface area contributed by atoms with Crippen LogP contribution in [0.4, 0.5) is 11.4 Å². The smallest absolute Gasteiger partial charge is 0.0470 e. The van der Waals surface area contributed by atoms with Gasteiger partial charge in [0.25, 0.3) is 0 Å². The summed E-state index contributed by atoms with van der Waals surface area (Å²) in [6.45, 7) is 21.5. The number of rotatable bonds is 6. The Balaban J connectivity index is 2.46. The van der Waals surface area contributed by atoms with Gasteiger partial charge in [-0.3, -0.25) is 0 Å². The zero-order chi connectivity index (χ0) is 20.4. The zero-order valence-corrected chi connectivity index (χ0v) is 19.0. The second kappa shape index (κ2) is 8.09. The fraction of sp³-hybridized carbons (Fsp3) is 0.538. The topological polar surface area (TPSA) is 3.24 Å². The molecule has 1 nitrogen and oxygen atoms in total. The second-order valence-electron chi connectivity index (χ2n) is 9.27. The molecule has 0 fully saturated rings. The van der Waals surface area contributed by atoms with Gasteiger partial charge in [-0.15, -0.1) is 0 Å². The lowest BCUT2D eigenvalue weighted by Gasteiger charge is -2.31. The third-order valence-electron chi connectivity index (χ3n) is 6.38. The lowest BCUT2D eigenvalue weighted by molar-refractivity contribution is 0.439. The maximum atomic E-state index is 2.45. The summed E-state index contributed by atoms with van der Waals surface area (Å²) >= 11 is 0. The SMILES string of the molecule is CCN(c1ccc(C(C)(CC)CC)cc1)c1c(C)cc(C(C)(C)C)cc1C. The van der Waals surface area contributed by atoms with Crippen molar-refractivity contribution in [3.63, 3.8) is 0 Å². The van der Waals surface area contributed by atoms with Crippen molar-refractivity contribution in [2.24, 2.45) is 0 Å². The highest BCUT2D eigenvalue weighted by Gasteiger charge is 2.23. The molecule has 0 unspecified atom stereocenters. The van der Waals surface area contributed by atoms with Crippen molar-refractivity contribution in [2.45, 2.75) is 86.0 Å². The van der Waals surface area contributed by atoms with Crippen LogP contribution in [0, 0.1) is 13.8 Å². The number of anilines is 2. The highest BCUT2D eigenvalue weighted by Crippen LogP contribution is 2.37. The van der Waals surface area contributed by atoms with Gasteiger partial charge in [0.05, 0.1) is 0 Å². The van der Waals surface area contributed by atoms with Crippen molar-refractivity contribution >= 4 is 11.4 Å². The van der Waals surface area contributed by atoms with Crippen LogP contribution in [0.25, 0.3) is 0 Å². The Morgan fingerprint density at radius 3 is 1.59 bits per heavy atom. The number of nitrogens with zero attached hydrogens (tertiary/aromatic N) is 1. The predicted molar refractivity (Wildman–Crippen MR) is 122 cm³/mol. The Labute approximate surface area is 167 Å². The normalized spacial score (nSPS) is 12.3. The van der Waals surface area contributed by atoms with E-state index in [0.29, 0.717) is 0 Å². The molecule has 0 aliphatic rings. The summed E-state index contributed by atoms with van der Waals surface area (Å²) in [7, 11) is 0. The standard InChI is InChI=1S/C26H39N/c1-10-26(9,11-2)21-13-15-23(16-14-21)27(12-3)24-19(4)17-22(18-20(24)5)25(6,7)8/h13-18H,10-12H2,1-9H3. The molecule has 1 heteroatoms. The van der Waals surface area contributed by atoms with Crippen LogP contribution in [-0.4, -0.2) is 6.54 Å². The Hall–Kier alpha value is -1.76. The largest absolute Gasteiger partial charge is 0.341 e. The Morgan fingerprint density at radius 2 is 1.22 bits per heavy atom. The van der Waals surface area contributed by atoms with E-state index in [4.69, 9.17) is 0 Å². The molecule has 0 heterocycles. The third kappa shape index (κ3) is 4.39. The molecule has 0 spiro atoms. The summed E-state index contributed by atoms with van der Waals surface area (Å²) < 4.78 is 0. The summed E-state index contributed by atoms with van der Waals surface area (Å²) in [5.41, 5.74) is 8.67. The van der Waals surface area contributed by atoms with E-state index in [-0.39, 0.29) is 10.8 Å². The van der Waals surface area contributed by atoms with Gasteiger partial charge in [-0.2, -0.15) is 0 Å². The average Bonchev–Trinajstić information content (AvgIpc) is 2.63. The van der Waals surface area contributed by atoms with Crippen molar-refractivity contribution in [1.82, 2.24) is 0 Å². The average molecular weight is 366 g/mol. The first-order chi connectivity index (χ1) is 12.6. The number of aryl methyl sites for hydroxylation is 2. The molecule has 2 rings (SSSR count). The highest BCUT2D eigenvalue weighted by atomic mass is 15.1. The third-order valence-corrected chi connectivity index (χ3v) is 6.38. The minimum atomic E-state index is 0.178. The van der Waals surface area contributed by atoms with Crippen LogP contribution in [0.1, 0.15) is 83.6 Å². The molecule has 148 valence electrons. The number of benzene rings is 2. The van der Waals surface area contributed by atoms with Gasteiger partial charge in [-0.25, -0.2) is 0 Å². The van der Waals surface area contributed by atoms with Gasteiger partial charge in [0, 0.05) is 17.9 Å². The molecule has 0 saturated carbocycles. The predicted octanol–water partition coefficient (Wildman–Crippen LogP) is 7.84. The zero-order valence-electron chi connectivity index (χ0n) is 19.0. The molecular formula is C26H39N. The van der Waals surface area contributed by atoms with Crippen molar-refractivity contribution in [3.05, 3.63) is 58.7 Å². The van der Waals surface area contributed by atoms with Crippen molar-refractivity contribution in [2.75, 3.05) is 11.4 Å². The molecule has 0 amide bonds. The summed E-state index contributed by atoms with van der Waals surface area (Å²) in [6.07, 6.45) is 2.35. The van der Waals surface area contributed by atoms with E-state index < -0.39 is 0 Å². The first-order valence-corrected chi connectivity index (χ1v) is 10.6. The van der Waals surface area contributed by atoms with Gasteiger partial charge in [0.15, 0.2) is 0 Å². The lowest BCUT2D eigenvalue weighted by Crippen LogP contribution is -2.21. The maximum Gasteiger partial charge on any atom is 0.0470 e. The van der Waals surface area contributed by atoms with Gasteiger partial charge in [-0.05, 0) is 78.8 Å². The minimum Gasteiger partial charge on any atom is -0.341 e. The minimum absolute atomic E-state index is 0.178. The van der Waals surface area contributed by atoms with Crippen LogP contribution in [0.3, 0.4) is 0 Å². The molecule has 0 bridgehead atoms. The summed E-state index contributed by atoms with van der Waals surface area (Å²) in [4.78, 5) is 2.45. The van der Waals surface area contributed by atoms with Gasteiger partial charge >= 0.3 is 0 Å². The van der Waals surface area contributed by atoms with Crippen LogP contribution in [0.5, 0.6) is 0 Å². The fourth-order valence-electron chi connectivity index (χ4n) is 3.99. The summed E-state index contributed by atoms with van der Waals surface area (Å²) in [5, 5.41) is 0. The van der Waals surface area contributed by atoms with Crippen LogP contribution in [0.15, 0.2) is 36.4 Å². The molecular weight excluding hydrogens is 326 g/mol. The van der Waals surface area contributed by atoms with Gasteiger partial charge in [0.1, 0.15) is 0 Å². The summed E-state index contributed by atoms with van der Waals surface area (Å²) in [6, 6.07) is 14.0. The molecule has 0 aliphatic heterocycles. The van der Waals surface area contributed by atoms with Gasteiger partial charge in [0.2, 0.25) is 0 Å². The quantitative estimate of drug-likeness (QED) is 0.504. The van der Waals surface area contributed by atoms with Crippen molar-refractivity contribution < 1.29 is 0 Å². The fourth-order valence-corrected chi connectivity index (χ4v) is 3.99. The Kier molecular flexibility index (Phi) is 6.45. The number of hydrogen-bond donors (Lipinski definition) is 0. The highest BCUT2D eigenvalue weighted by molar-refractivity contribution is 5.70. The second-order valence-corrected chi connectivity index (χ2v) is 9.27. The molecule has 27 heavy (non-hydrogen) atoms. The van der Waals surface area contributed by atoms with E-state index in [1.807, 2.05) is 0 Å². The van der Waals surface area contributed by atoms with E-state index in [0.717, 1.165) is 6.54 Å². The lowest BCUT2D eigenvalue weighted by atomic mass is 9.78. The van der Waals surface area contributed by atoms with E-state index in [2.05, 4.69) is 104 Å². The molecule has 0 radical (unpaired) electrons. The molecule has 2 aromatic carbocycles. The molecule has 0 aromatic heterocycles. The molecule has 0 atom stereocenters. The van der Waals surface area contributed by atoms with Crippen LogP contribution >= 0.6 is 0 Å². The monoisotopic (exact) mass is 365 g/mol. The van der Waals surface area contributed by atoms with E-state index in [1.165, 1.54) is 46.5 Å². The van der Waals surface area contributed by atoms with Crippen LogP contribution in [-0.2, 0) is 10.8 Å². The van der Waals surface area contributed by atoms with Gasteiger partial charge in [-0.1, -0.05) is 65.8 Å². The molecule has 0 N–H and O–H groups in total. The number of hydrogen-bond acceptors (Lipinski definition) is 1. The van der Waals surface area contributed by atoms with E-state index >= 15 is 0 Å². The molecule has 0 aliphatic carbocycles. The van der Waals surface area contributed by atoms with E-state index in [1.54, 1.807) is 0 Å². The van der Waals surface area contributed by atoms with Crippen molar-refractivity contribution in [3.8, 4) is 0 Å². The first-order valence-electron chi connectivity index (χ1n) is 10.6. The van der Waals surface area contributed by atoms with Gasteiger partial charge < -0.3 is 4.90 Å². The molecule has 0 saturated heterocycles. The van der Waals surface area contributed by atoms with Crippen molar-refractivity contribution in [1.29, 1.82) is 0 Å². The Bertz CT molecular complexity index is 735. The maximum absolute atomic E-state index is 2.45. The first kappa shape index (κ1) is 21.5.